The van der Waals surface area contributed by atoms with Gasteiger partial charge in [0.1, 0.15) is 5.75 Å². The zero-order valence-corrected chi connectivity index (χ0v) is 14.2. The molecule has 5 heteroatoms. The second-order valence-electron chi connectivity index (χ2n) is 5.42. The molecule has 2 aromatic carbocycles. The molecule has 0 aromatic heterocycles. The molecule has 0 heterocycles. The maximum atomic E-state index is 12.1. The van der Waals surface area contributed by atoms with Crippen molar-refractivity contribution in [2.45, 2.75) is 12.8 Å². The van der Waals surface area contributed by atoms with E-state index in [2.05, 4.69) is 10.6 Å². The maximum absolute atomic E-state index is 12.1. The summed E-state index contributed by atoms with van der Waals surface area (Å²) in [6.45, 7) is 1.60. The number of nitrogens with one attached hydrogen (secondary N) is 2. The second kappa shape index (κ2) is 9.57. The molecule has 2 rings (SSSR count). The highest BCUT2D eigenvalue weighted by Crippen LogP contribution is 2.15. The molecule has 0 bridgehead atoms. The first kappa shape index (κ1) is 17.8. The van der Waals surface area contributed by atoms with Crippen molar-refractivity contribution in [2.24, 2.45) is 0 Å². The van der Waals surface area contributed by atoms with E-state index in [4.69, 9.17) is 9.47 Å². The SMILES string of the molecule is COCCCNc1ccc(NC(=O)Cc2ccc(OC)cc2)cc1. The highest BCUT2D eigenvalue weighted by Gasteiger charge is 2.04. The van der Waals surface area contributed by atoms with Crippen molar-refractivity contribution in [2.75, 3.05) is 38.0 Å². The highest BCUT2D eigenvalue weighted by atomic mass is 16.5. The van der Waals surface area contributed by atoms with E-state index >= 15 is 0 Å². The molecule has 0 radical (unpaired) electrons. The van der Waals surface area contributed by atoms with E-state index in [-0.39, 0.29) is 5.91 Å². The minimum atomic E-state index is -0.0408. The lowest BCUT2D eigenvalue weighted by Gasteiger charge is -2.09. The highest BCUT2D eigenvalue weighted by molar-refractivity contribution is 5.92. The number of ether oxygens (including phenoxy) is 2. The van der Waals surface area contributed by atoms with Crippen molar-refractivity contribution in [3.05, 3.63) is 54.1 Å². The Labute approximate surface area is 143 Å². The summed E-state index contributed by atoms with van der Waals surface area (Å²) < 4.78 is 10.1. The van der Waals surface area contributed by atoms with Crippen LogP contribution in [0.25, 0.3) is 0 Å². The van der Waals surface area contributed by atoms with Gasteiger partial charge < -0.3 is 20.1 Å². The zero-order valence-electron chi connectivity index (χ0n) is 14.2. The smallest absolute Gasteiger partial charge is 0.228 e. The Morgan fingerprint density at radius 2 is 1.62 bits per heavy atom. The fraction of sp³-hybridized carbons (Fsp3) is 0.316. The number of rotatable bonds is 9. The number of carbonyl (C=O) groups excluding carboxylic acids is 1. The fourth-order valence-corrected chi connectivity index (χ4v) is 2.25. The van der Waals surface area contributed by atoms with Gasteiger partial charge in [-0.15, -0.1) is 0 Å². The first-order valence-corrected chi connectivity index (χ1v) is 7.97. The molecule has 0 atom stereocenters. The molecule has 128 valence electrons. The van der Waals surface area contributed by atoms with Crippen LogP contribution in [-0.4, -0.2) is 33.3 Å². The second-order valence-corrected chi connectivity index (χ2v) is 5.42. The Balaban J connectivity index is 1.80. The summed E-state index contributed by atoms with van der Waals surface area (Å²) in [6, 6.07) is 15.2. The third kappa shape index (κ3) is 5.93. The maximum Gasteiger partial charge on any atom is 0.228 e. The van der Waals surface area contributed by atoms with Crippen molar-refractivity contribution < 1.29 is 14.3 Å². The van der Waals surface area contributed by atoms with Crippen LogP contribution >= 0.6 is 0 Å². The molecular weight excluding hydrogens is 304 g/mol. The van der Waals surface area contributed by atoms with E-state index in [1.54, 1.807) is 14.2 Å². The summed E-state index contributed by atoms with van der Waals surface area (Å²) in [6.07, 6.45) is 1.29. The lowest BCUT2D eigenvalue weighted by atomic mass is 10.1. The first-order valence-electron chi connectivity index (χ1n) is 7.97. The Hall–Kier alpha value is -2.53. The molecule has 0 spiro atoms. The van der Waals surface area contributed by atoms with Crippen molar-refractivity contribution in [3.63, 3.8) is 0 Å². The number of hydrogen-bond acceptors (Lipinski definition) is 4. The quantitative estimate of drug-likeness (QED) is 0.693. The van der Waals surface area contributed by atoms with Crippen molar-refractivity contribution >= 4 is 17.3 Å². The van der Waals surface area contributed by atoms with Gasteiger partial charge in [-0.3, -0.25) is 4.79 Å². The molecule has 5 nitrogen and oxygen atoms in total. The summed E-state index contributed by atoms with van der Waals surface area (Å²) in [4.78, 5) is 12.1. The Kier molecular flexibility index (Phi) is 7.11. The molecule has 0 aliphatic carbocycles. The van der Waals surface area contributed by atoms with Crippen LogP contribution in [-0.2, 0) is 16.0 Å². The van der Waals surface area contributed by atoms with Gasteiger partial charge in [0.05, 0.1) is 13.5 Å². The average Bonchev–Trinajstić information content (AvgIpc) is 2.61. The lowest BCUT2D eigenvalue weighted by Crippen LogP contribution is -2.14. The topological polar surface area (TPSA) is 59.6 Å². The van der Waals surface area contributed by atoms with Gasteiger partial charge in [-0.1, -0.05) is 12.1 Å². The molecule has 2 N–H and O–H groups in total. The third-order valence-electron chi connectivity index (χ3n) is 3.55. The number of carbonyl (C=O) groups is 1. The molecule has 1 amide bonds. The summed E-state index contributed by atoms with van der Waals surface area (Å²) in [7, 11) is 3.32. The van der Waals surface area contributed by atoms with Gasteiger partial charge in [-0.2, -0.15) is 0 Å². The molecule has 0 aliphatic heterocycles. The predicted octanol–water partition coefficient (Wildman–Crippen LogP) is 3.32. The third-order valence-corrected chi connectivity index (χ3v) is 3.55. The molecule has 0 saturated carbocycles. The summed E-state index contributed by atoms with van der Waals surface area (Å²) >= 11 is 0. The van der Waals surface area contributed by atoms with Crippen molar-refractivity contribution in [3.8, 4) is 5.75 Å². The van der Waals surface area contributed by atoms with Crippen molar-refractivity contribution in [1.82, 2.24) is 0 Å². The number of benzene rings is 2. The number of hydrogen-bond donors (Lipinski definition) is 2. The van der Waals surface area contributed by atoms with E-state index in [0.29, 0.717) is 6.42 Å². The monoisotopic (exact) mass is 328 g/mol. The van der Waals surface area contributed by atoms with Crippen LogP contribution in [0.3, 0.4) is 0 Å². The number of amides is 1. The minimum absolute atomic E-state index is 0.0408. The molecule has 0 saturated heterocycles. The average molecular weight is 328 g/mol. The number of anilines is 2. The van der Waals surface area contributed by atoms with Crippen LogP contribution in [0.1, 0.15) is 12.0 Å². The van der Waals surface area contributed by atoms with Gasteiger partial charge in [0.15, 0.2) is 0 Å². The van der Waals surface area contributed by atoms with E-state index < -0.39 is 0 Å². The summed E-state index contributed by atoms with van der Waals surface area (Å²) in [5.41, 5.74) is 2.76. The summed E-state index contributed by atoms with van der Waals surface area (Å²) in [5.74, 6) is 0.744. The Morgan fingerprint density at radius 1 is 0.958 bits per heavy atom. The first-order chi connectivity index (χ1) is 11.7. The van der Waals surface area contributed by atoms with E-state index in [1.165, 1.54) is 0 Å². The van der Waals surface area contributed by atoms with Crippen LogP contribution in [0.15, 0.2) is 48.5 Å². The molecule has 0 fully saturated rings. The van der Waals surface area contributed by atoms with Gasteiger partial charge in [0, 0.05) is 31.6 Å². The van der Waals surface area contributed by atoms with Gasteiger partial charge in [0.25, 0.3) is 0 Å². The summed E-state index contributed by atoms with van der Waals surface area (Å²) in [5, 5.41) is 6.21. The van der Waals surface area contributed by atoms with Crippen LogP contribution in [0.4, 0.5) is 11.4 Å². The molecule has 0 aliphatic rings. The van der Waals surface area contributed by atoms with Gasteiger partial charge in [0.2, 0.25) is 5.91 Å². The van der Waals surface area contributed by atoms with E-state index in [1.807, 2.05) is 48.5 Å². The fourth-order valence-electron chi connectivity index (χ4n) is 2.25. The van der Waals surface area contributed by atoms with E-state index in [0.717, 1.165) is 42.3 Å². The minimum Gasteiger partial charge on any atom is -0.497 e. The number of methoxy groups -OCH3 is 2. The lowest BCUT2D eigenvalue weighted by molar-refractivity contribution is -0.115. The Morgan fingerprint density at radius 3 is 2.25 bits per heavy atom. The van der Waals surface area contributed by atoms with Gasteiger partial charge in [-0.05, 0) is 48.4 Å². The van der Waals surface area contributed by atoms with Crippen molar-refractivity contribution in [1.29, 1.82) is 0 Å². The van der Waals surface area contributed by atoms with Gasteiger partial charge >= 0.3 is 0 Å². The van der Waals surface area contributed by atoms with Crippen LogP contribution in [0.2, 0.25) is 0 Å². The van der Waals surface area contributed by atoms with Crippen LogP contribution < -0.4 is 15.4 Å². The van der Waals surface area contributed by atoms with Crippen LogP contribution in [0.5, 0.6) is 5.75 Å². The molecule has 2 aromatic rings. The predicted molar refractivity (Wildman–Crippen MR) is 96.8 cm³/mol. The Bertz CT molecular complexity index is 624. The largest absolute Gasteiger partial charge is 0.497 e. The molecular formula is C19H24N2O3. The van der Waals surface area contributed by atoms with Crippen LogP contribution in [0, 0.1) is 0 Å². The molecule has 24 heavy (non-hydrogen) atoms. The standard InChI is InChI=1S/C19H24N2O3/c1-23-13-3-12-20-16-6-8-17(9-7-16)21-19(22)14-15-4-10-18(24-2)11-5-15/h4-11,20H,3,12-14H2,1-2H3,(H,21,22). The molecule has 0 unspecified atom stereocenters. The zero-order chi connectivity index (χ0) is 17.2. The normalized spacial score (nSPS) is 10.2. The van der Waals surface area contributed by atoms with E-state index in [9.17, 15) is 4.79 Å². The van der Waals surface area contributed by atoms with Gasteiger partial charge in [-0.25, -0.2) is 0 Å².